The third-order valence-corrected chi connectivity index (χ3v) is 3.73. The summed E-state index contributed by atoms with van der Waals surface area (Å²) in [5, 5.41) is 0. The summed E-state index contributed by atoms with van der Waals surface area (Å²) in [6, 6.07) is 0.254. The van der Waals surface area contributed by atoms with Crippen LogP contribution in [0.1, 0.15) is 13.3 Å². The first-order chi connectivity index (χ1) is 7.18. The van der Waals surface area contributed by atoms with Crippen LogP contribution in [-0.4, -0.2) is 29.1 Å². The summed E-state index contributed by atoms with van der Waals surface area (Å²) in [6.45, 7) is 4.16. The largest absolute Gasteiger partial charge is 0.354 e. The number of hydrogen-bond donors (Lipinski definition) is 1. The number of nitrogens with two attached hydrogens (primary N) is 1. The molecule has 0 saturated carbocycles. The molecule has 0 radical (unpaired) electrons. The van der Waals surface area contributed by atoms with Crippen LogP contribution in [-0.2, 0) is 0 Å². The summed E-state index contributed by atoms with van der Waals surface area (Å²) in [4.78, 5) is 10.6. The third-order valence-electron chi connectivity index (χ3n) is 2.96. The number of halogens is 1. The molecule has 1 aliphatic heterocycles. The van der Waals surface area contributed by atoms with E-state index in [1.54, 1.807) is 6.33 Å². The lowest BCUT2D eigenvalue weighted by molar-refractivity contribution is 0.377. The Morgan fingerprint density at radius 1 is 1.60 bits per heavy atom. The van der Waals surface area contributed by atoms with Gasteiger partial charge in [0.1, 0.15) is 12.1 Å². The molecule has 2 rings (SSSR count). The van der Waals surface area contributed by atoms with E-state index >= 15 is 0 Å². The van der Waals surface area contributed by atoms with Crippen molar-refractivity contribution in [3.63, 3.8) is 0 Å². The summed E-state index contributed by atoms with van der Waals surface area (Å²) < 4.78 is 1.09. The molecule has 2 atom stereocenters. The molecule has 1 saturated heterocycles. The molecule has 82 valence electrons. The smallest absolute Gasteiger partial charge is 0.145 e. The first-order valence-electron chi connectivity index (χ1n) is 5.14. The highest BCUT2D eigenvalue weighted by Gasteiger charge is 2.24. The maximum Gasteiger partial charge on any atom is 0.145 e. The highest BCUT2D eigenvalue weighted by Crippen LogP contribution is 2.23. The van der Waals surface area contributed by atoms with Gasteiger partial charge in [-0.1, -0.05) is 6.92 Å². The molecular formula is C10H15IN4. The van der Waals surface area contributed by atoms with Crippen molar-refractivity contribution < 1.29 is 0 Å². The Bertz CT molecular complexity index is 344. The Morgan fingerprint density at radius 3 is 3.07 bits per heavy atom. The van der Waals surface area contributed by atoms with E-state index in [1.165, 1.54) is 0 Å². The zero-order chi connectivity index (χ0) is 10.8. The summed E-state index contributed by atoms with van der Waals surface area (Å²) in [6.07, 6.45) is 4.58. The van der Waals surface area contributed by atoms with Gasteiger partial charge in [0.15, 0.2) is 0 Å². The van der Waals surface area contributed by atoms with Gasteiger partial charge in [-0.15, -0.1) is 0 Å². The van der Waals surface area contributed by atoms with Crippen LogP contribution in [0.2, 0.25) is 0 Å². The number of rotatable bonds is 1. The molecule has 2 N–H and O–H groups in total. The second kappa shape index (κ2) is 4.61. The Hall–Kier alpha value is -0.430. The van der Waals surface area contributed by atoms with E-state index in [4.69, 9.17) is 5.73 Å². The topological polar surface area (TPSA) is 55.0 Å². The van der Waals surface area contributed by atoms with Gasteiger partial charge < -0.3 is 10.6 Å². The van der Waals surface area contributed by atoms with E-state index in [9.17, 15) is 0 Å². The molecule has 0 bridgehead atoms. The van der Waals surface area contributed by atoms with E-state index in [-0.39, 0.29) is 6.04 Å². The van der Waals surface area contributed by atoms with Crippen molar-refractivity contribution in [1.29, 1.82) is 0 Å². The molecule has 0 spiro atoms. The van der Waals surface area contributed by atoms with Crippen molar-refractivity contribution in [2.45, 2.75) is 19.4 Å². The fourth-order valence-corrected chi connectivity index (χ4v) is 2.47. The van der Waals surface area contributed by atoms with Crippen LogP contribution in [0.15, 0.2) is 12.5 Å². The lowest BCUT2D eigenvalue weighted by Gasteiger charge is -2.36. The molecule has 1 fully saturated rings. The highest BCUT2D eigenvalue weighted by molar-refractivity contribution is 14.1. The normalized spacial score (nSPS) is 26.7. The Labute approximate surface area is 103 Å². The molecule has 0 amide bonds. The van der Waals surface area contributed by atoms with E-state index < -0.39 is 0 Å². The zero-order valence-electron chi connectivity index (χ0n) is 8.73. The van der Waals surface area contributed by atoms with Crippen molar-refractivity contribution in [2.24, 2.45) is 11.7 Å². The quantitative estimate of drug-likeness (QED) is 0.792. The fourth-order valence-electron chi connectivity index (χ4n) is 1.83. The number of anilines is 1. The number of aromatic nitrogens is 2. The predicted octanol–water partition coefficient (Wildman–Crippen LogP) is 1.25. The van der Waals surface area contributed by atoms with Crippen LogP contribution in [0.3, 0.4) is 0 Å². The molecule has 1 aromatic rings. The van der Waals surface area contributed by atoms with Crippen molar-refractivity contribution in [3.8, 4) is 0 Å². The minimum atomic E-state index is 0.254. The van der Waals surface area contributed by atoms with Crippen LogP contribution in [0.4, 0.5) is 5.82 Å². The van der Waals surface area contributed by atoms with E-state index in [2.05, 4.69) is 44.4 Å². The van der Waals surface area contributed by atoms with Crippen LogP contribution in [0.25, 0.3) is 0 Å². The molecule has 2 unspecified atom stereocenters. The molecule has 1 aliphatic rings. The molecule has 1 aromatic heterocycles. The Kier molecular flexibility index (Phi) is 3.40. The van der Waals surface area contributed by atoms with Crippen molar-refractivity contribution >= 4 is 28.4 Å². The molecule has 2 heterocycles. The molecular weight excluding hydrogens is 303 g/mol. The van der Waals surface area contributed by atoms with Gasteiger partial charge in [0.05, 0.1) is 3.57 Å². The van der Waals surface area contributed by atoms with Gasteiger partial charge in [-0.05, 0) is 34.9 Å². The van der Waals surface area contributed by atoms with Crippen molar-refractivity contribution in [2.75, 3.05) is 18.0 Å². The second-order valence-corrected chi connectivity index (χ2v) is 5.23. The first-order valence-corrected chi connectivity index (χ1v) is 6.22. The van der Waals surface area contributed by atoms with Gasteiger partial charge in [-0.2, -0.15) is 0 Å². The minimum absolute atomic E-state index is 0.254. The molecule has 4 nitrogen and oxygen atoms in total. The second-order valence-electron chi connectivity index (χ2n) is 4.07. The average Bonchev–Trinajstić information content (AvgIpc) is 2.23. The summed E-state index contributed by atoms with van der Waals surface area (Å²) in [5.74, 6) is 1.63. The Balaban J connectivity index is 2.15. The lowest BCUT2D eigenvalue weighted by atomic mass is 9.94. The standard InChI is InChI=1S/C10H15IN4/c1-7-2-3-15(5-9(7)12)10-8(11)4-13-6-14-10/h4,6-7,9H,2-3,5,12H2,1H3. The van der Waals surface area contributed by atoms with Gasteiger partial charge in [-0.25, -0.2) is 9.97 Å². The fraction of sp³-hybridized carbons (Fsp3) is 0.600. The van der Waals surface area contributed by atoms with Gasteiger partial charge in [0, 0.05) is 25.3 Å². The minimum Gasteiger partial charge on any atom is -0.354 e. The summed E-state index contributed by atoms with van der Waals surface area (Å²) >= 11 is 2.27. The SMILES string of the molecule is CC1CCN(c2ncncc2I)CC1N. The van der Waals surface area contributed by atoms with Gasteiger partial charge in [0.25, 0.3) is 0 Å². The number of nitrogens with zero attached hydrogens (tertiary/aromatic N) is 3. The molecule has 0 aromatic carbocycles. The van der Waals surface area contributed by atoms with Gasteiger partial charge >= 0.3 is 0 Å². The zero-order valence-corrected chi connectivity index (χ0v) is 10.9. The van der Waals surface area contributed by atoms with E-state index in [0.717, 1.165) is 28.9 Å². The maximum absolute atomic E-state index is 6.07. The monoisotopic (exact) mass is 318 g/mol. The third kappa shape index (κ3) is 2.39. The average molecular weight is 318 g/mol. The summed E-state index contributed by atoms with van der Waals surface area (Å²) in [7, 11) is 0. The predicted molar refractivity (Wildman–Crippen MR) is 68.7 cm³/mol. The van der Waals surface area contributed by atoms with E-state index in [1.807, 2.05) is 6.20 Å². The van der Waals surface area contributed by atoms with Crippen LogP contribution in [0, 0.1) is 9.49 Å². The maximum atomic E-state index is 6.07. The number of piperidine rings is 1. The highest BCUT2D eigenvalue weighted by atomic mass is 127. The number of hydrogen-bond acceptors (Lipinski definition) is 4. The van der Waals surface area contributed by atoms with Crippen LogP contribution < -0.4 is 10.6 Å². The first kappa shape index (κ1) is 11.1. The Morgan fingerprint density at radius 2 is 2.40 bits per heavy atom. The van der Waals surface area contributed by atoms with Gasteiger partial charge in [0.2, 0.25) is 0 Å². The molecule has 5 heteroatoms. The van der Waals surface area contributed by atoms with Crippen molar-refractivity contribution in [3.05, 3.63) is 16.1 Å². The molecule has 15 heavy (non-hydrogen) atoms. The van der Waals surface area contributed by atoms with Crippen LogP contribution >= 0.6 is 22.6 Å². The van der Waals surface area contributed by atoms with Crippen LogP contribution in [0.5, 0.6) is 0 Å². The van der Waals surface area contributed by atoms with Gasteiger partial charge in [-0.3, -0.25) is 0 Å². The van der Waals surface area contributed by atoms with Crippen molar-refractivity contribution in [1.82, 2.24) is 9.97 Å². The lowest BCUT2D eigenvalue weighted by Crippen LogP contribution is -2.48. The summed E-state index contributed by atoms with van der Waals surface area (Å²) in [5.41, 5.74) is 6.07. The van der Waals surface area contributed by atoms with E-state index in [0.29, 0.717) is 5.92 Å². The molecule has 0 aliphatic carbocycles.